The van der Waals surface area contributed by atoms with Gasteiger partial charge in [-0.25, -0.2) is 12.7 Å². The fourth-order valence-electron chi connectivity index (χ4n) is 3.85. The van der Waals surface area contributed by atoms with Crippen molar-refractivity contribution in [3.8, 4) is 0 Å². The van der Waals surface area contributed by atoms with Crippen LogP contribution in [0.3, 0.4) is 0 Å². The first-order valence-electron chi connectivity index (χ1n) is 9.43. The zero-order chi connectivity index (χ0) is 18.6. The number of carbonyl (C=O) groups is 1. The number of likely N-dealkylation sites (tertiary alicyclic amines) is 1. The van der Waals surface area contributed by atoms with Crippen LogP contribution < -0.4 is 5.32 Å². The van der Waals surface area contributed by atoms with Crippen molar-refractivity contribution in [3.05, 3.63) is 35.9 Å². The number of hydrogen-bond acceptors (Lipinski definition) is 4. The molecule has 3 rings (SSSR count). The molecule has 1 unspecified atom stereocenters. The van der Waals surface area contributed by atoms with E-state index in [1.807, 2.05) is 6.07 Å². The van der Waals surface area contributed by atoms with Crippen molar-refractivity contribution >= 4 is 15.9 Å². The second kappa shape index (κ2) is 8.50. The highest BCUT2D eigenvalue weighted by molar-refractivity contribution is 7.88. The monoisotopic (exact) mass is 379 g/mol. The normalized spacial score (nSPS) is 23.7. The summed E-state index contributed by atoms with van der Waals surface area (Å²) in [7, 11) is -3.22. The molecule has 2 aliphatic rings. The number of sulfonamides is 1. The topological polar surface area (TPSA) is 69.7 Å². The van der Waals surface area contributed by atoms with Crippen molar-refractivity contribution in [2.24, 2.45) is 5.92 Å². The van der Waals surface area contributed by atoms with Crippen LogP contribution in [0.15, 0.2) is 30.3 Å². The molecule has 0 saturated carbocycles. The lowest BCUT2D eigenvalue weighted by molar-refractivity contribution is -0.127. The van der Waals surface area contributed by atoms with Gasteiger partial charge in [-0.3, -0.25) is 9.69 Å². The van der Waals surface area contributed by atoms with Crippen LogP contribution in [-0.4, -0.2) is 62.0 Å². The van der Waals surface area contributed by atoms with E-state index in [0.29, 0.717) is 13.1 Å². The molecule has 144 valence electrons. The number of nitrogens with zero attached hydrogens (tertiary/aromatic N) is 2. The predicted molar refractivity (Wildman–Crippen MR) is 102 cm³/mol. The summed E-state index contributed by atoms with van der Waals surface area (Å²) in [5, 5.41) is 3.16. The molecule has 1 aromatic carbocycles. The molecule has 2 heterocycles. The van der Waals surface area contributed by atoms with Crippen LogP contribution in [0.2, 0.25) is 0 Å². The quantitative estimate of drug-likeness (QED) is 0.840. The van der Waals surface area contributed by atoms with Gasteiger partial charge in [0.1, 0.15) is 0 Å². The molecular weight excluding hydrogens is 350 g/mol. The van der Waals surface area contributed by atoms with E-state index in [1.165, 1.54) is 16.1 Å². The number of carbonyl (C=O) groups excluding carboxylic acids is 1. The second-order valence-electron chi connectivity index (χ2n) is 7.50. The minimum Gasteiger partial charge on any atom is -0.353 e. The molecule has 1 amide bonds. The highest BCUT2D eigenvalue weighted by Crippen LogP contribution is 2.20. The molecule has 0 bridgehead atoms. The van der Waals surface area contributed by atoms with Crippen molar-refractivity contribution in [1.29, 1.82) is 0 Å². The maximum atomic E-state index is 12.6. The Labute approximate surface area is 156 Å². The van der Waals surface area contributed by atoms with E-state index >= 15 is 0 Å². The third-order valence-electron chi connectivity index (χ3n) is 5.41. The van der Waals surface area contributed by atoms with Crippen LogP contribution in [-0.2, 0) is 21.4 Å². The Hall–Kier alpha value is -1.44. The minimum absolute atomic E-state index is 0.0138. The SMILES string of the molecule is CS(=O)(=O)N1CCCC(C(=O)NC2CCN(Cc3ccccc3)CC2)C1. The Balaban J connectivity index is 1.44. The Morgan fingerprint density at radius 1 is 1.12 bits per heavy atom. The summed E-state index contributed by atoms with van der Waals surface area (Å²) >= 11 is 0. The largest absolute Gasteiger partial charge is 0.353 e. The first kappa shape index (κ1) is 19.3. The van der Waals surface area contributed by atoms with Crippen LogP contribution in [0.25, 0.3) is 0 Å². The summed E-state index contributed by atoms with van der Waals surface area (Å²) in [6, 6.07) is 10.6. The molecule has 2 aliphatic heterocycles. The Kier molecular flexibility index (Phi) is 6.32. The second-order valence-corrected chi connectivity index (χ2v) is 9.49. The predicted octanol–water partition coefficient (Wildman–Crippen LogP) is 1.44. The maximum absolute atomic E-state index is 12.6. The zero-order valence-corrected chi connectivity index (χ0v) is 16.2. The summed E-state index contributed by atoms with van der Waals surface area (Å²) < 4.78 is 24.9. The molecule has 26 heavy (non-hydrogen) atoms. The molecule has 2 fully saturated rings. The number of piperidine rings is 2. The van der Waals surface area contributed by atoms with E-state index in [-0.39, 0.29) is 17.9 Å². The van der Waals surface area contributed by atoms with E-state index in [0.717, 1.165) is 45.3 Å². The molecule has 0 radical (unpaired) electrons. The molecule has 0 aromatic heterocycles. The smallest absolute Gasteiger partial charge is 0.224 e. The number of hydrogen-bond donors (Lipinski definition) is 1. The molecule has 0 spiro atoms. The lowest BCUT2D eigenvalue weighted by Crippen LogP contribution is -2.49. The molecule has 6 nitrogen and oxygen atoms in total. The summed E-state index contributed by atoms with van der Waals surface area (Å²) in [5.74, 6) is -0.208. The summed E-state index contributed by atoms with van der Waals surface area (Å²) in [4.78, 5) is 15.0. The van der Waals surface area contributed by atoms with Crippen LogP contribution >= 0.6 is 0 Å². The van der Waals surface area contributed by atoms with Gasteiger partial charge in [-0.05, 0) is 31.2 Å². The van der Waals surface area contributed by atoms with Gasteiger partial charge < -0.3 is 5.32 Å². The molecule has 0 aliphatic carbocycles. The van der Waals surface area contributed by atoms with Crippen LogP contribution in [0.4, 0.5) is 0 Å². The lowest BCUT2D eigenvalue weighted by Gasteiger charge is -2.34. The Morgan fingerprint density at radius 3 is 2.46 bits per heavy atom. The third kappa shape index (κ3) is 5.28. The fourth-order valence-corrected chi connectivity index (χ4v) is 4.77. The molecule has 1 N–H and O–H groups in total. The summed E-state index contributed by atoms with van der Waals surface area (Å²) in [5.41, 5.74) is 1.32. The maximum Gasteiger partial charge on any atom is 0.224 e. The number of rotatable bonds is 5. The van der Waals surface area contributed by atoms with Gasteiger partial charge in [0.05, 0.1) is 12.2 Å². The van der Waals surface area contributed by atoms with Crippen LogP contribution in [0.1, 0.15) is 31.2 Å². The van der Waals surface area contributed by atoms with E-state index in [2.05, 4.69) is 34.5 Å². The Morgan fingerprint density at radius 2 is 1.81 bits per heavy atom. The van der Waals surface area contributed by atoms with Gasteiger partial charge in [-0.1, -0.05) is 30.3 Å². The molecule has 7 heteroatoms. The summed E-state index contributed by atoms with van der Waals surface area (Å²) in [6.07, 6.45) is 4.63. The van der Waals surface area contributed by atoms with Gasteiger partial charge in [0.15, 0.2) is 0 Å². The molecular formula is C19H29N3O3S. The van der Waals surface area contributed by atoms with Gasteiger partial charge >= 0.3 is 0 Å². The van der Waals surface area contributed by atoms with Crippen molar-refractivity contribution in [3.63, 3.8) is 0 Å². The number of amides is 1. The van der Waals surface area contributed by atoms with Crippen molar-refractivity contribution in [2.45, 2.75) is 38.3 Å². The first-order valence-corrected chi connectivity index (χ1v) is 11.3. The standard InChI is InChI=1S/C19H29N3O3S/c1-26(24,25)22-11-5-8-17(15-22)19(23)20-18-9-12-21(13-10-18)14-16-6-3-2-4-7-16/h2-4,6-7,17-18H,5,8-15H2,1H3,(H,20,23). The van der Waals surface area contributed by atoms with Crippen LogP contribution in [0, 0.1) is 5.92 Å². The number of benzene rings is 1. The van der Waals surface area contributed by atoms with E-state index in [9.17, 15) is 13.2 Å². The van der Waals surface area contributed by atoms with Crippen molar-refractivity contribution < 1.29 is 13.2 Å². The molecule has 1 atom stereocenters. The average molecular weight is 380 g/mol. The highest BCUT2D eigenvalue weighted by atomic mass is 32.2. The van der Waals surface area contributed by atoms with Crippen molar-refractivity contribution in [2.75, 3.05) is 32.4 Å². The zero-order valence-electron chi connectivity index (χ0n) is 15.4. The van der Waals surface area contributed by atoms with Gasteiger partial charge in [-0.15, -0.1) is 0 Å². The fraction of sp³-hybridized carbons (Fsp3) is 0.632. The van der Waals surface area contributed by atoms with Gasteiger partial charge in [0, 0.05) is 38.8 Å². The number of nitrogens with one attached hydrogen (secondary N) is 1. The van der Waals surface area contributed by atoms with E-state index in [4.69, 9.17) is 0 Å². The van der Waals surface area contributed by atoms with E-state index in [1.54, 1.807) is 0 Å². The summed E-state index contributed by atoms with van der Waals surface area (Å²) in [6.45, 7) is 3.74. The van der Waals surface area contributed by atoms with Crippen molar-refractivity contribution in [1.82, 2.24) is 14.5 Å². The van der Waals surface area contributed by atoms with Gasteiger partial charge in [0.25, 0.3) is 0 Å². The molecule has 2 saturated heterocycles. The lowest BCUT2D eigenvalue weighted by atomic mass is 9.97. The van der Waals surface area contributed by atoms with Gasteiger partial charge in [0.2, 0.25) is 15.9 Å². The Bertz CT molecular complexity index is 700. The minimum atomic E-state index is -3.22. The highest BCUT2D eigenvalue weighted by Gasteiger charge is 2.31. The van der Waals surface area contributed by atoms with E-state index < -0.39 is 10.0 Å². The first-order chi connectivity index (χ1) is 12.4. The van der Waals surface area contributed by atoms with Gasteiger partial charge in [-0.2, -0.15) is 0 Å². The average Bonchev–Trinajstić information content (AvgIpc) is 2.63. The molecule has 1 aromatic rings. The third-order valence-corrected chi connectivity index (χ3v) is 6.68. The van der Waals surface area contributed by atoms with Crippen LogP contribution in [0.5, 0.6) is 0 Å².